The molecule has 1 atom stereocenters. The van der Waals surface area contributed by atoms with Gasteiger partial charge >= 0.3 is 0 Å². The van der Waals surface area contributed by atoms with Gasteiger partial charge in [-0.15, -0.1) is 0 Å². The minimum absolute atomic E-state index is 0.0844. The van der Waals surface area contributed by atoms with Crippen molar-refractivity contribution in [3.8, 4) is 0 Å². The summed E-state index contributed by atoms with van der Waals surface area (Å²) in [5, 5.41) is 0.713. The Kier molecular flexibility index (Phi) is 8.63. The van der Waals surface area contributed by atoms with Crippen LogP contribution >= 0.6 is 11.6 Å². The lowest BCUT2D eigenvalue weighted by atomic mass is 9.97. The highest BCUT2D eigenvalue weighted by atomic mass is 35.5. The molecule has 0 aliphatic carbocycles. The predicted molar refractivity (Wildman–Crippen MR) is 108 cm³/mol. The van der Waals surface area contributed by atoms with E-state index in [4.69, 9.17) is 11.6 Å². The number of nitrogens with zero attached hydrogens (tertiary/aromatic N) is 2. The van der Waals surface area contributed by atoms with Crippen molar-refractivity contribution in [2.75, 3.05) is 6.54 Å². The lowest BCUT2D eigenvalue weighted by Gasteiger charge is -2.27. The van der Waals surface area contributed by atoms with Crippen LogP contribution in [0.2, 0.25) is 5.02 Å². The average Bonchev–Trinajstić information content (AvgIpc) is 2.67. The molecule has 0 saturated carbocycles. The van der Waals surface area contributed by atoms with Crippen LogP contribution in [0, 0.1) is 5.92 Å². The first kappa shape index (κ1) is 20.4. The van der Waals surface area contributed by atoms with E-state index >= 15 is 0 Å². The monoisotopic (exact) mass is 372 g/mol. The van der Waals surface area contributed by atoms with E-state index in [0.717, 1.165) is 43.4 Å². The van der Waals surface area contributed by atoms with Crippen molar-refractivity contribution in [1.82, 2.24) is 9.88 Å². The van der Waals surface area contributed by atoms with Crippen molar-refractivity contribution in [3.05, 3.63) is 64.9 Å². The molecule has 0 spiro atoms. The summed E-state index contributed by atoms with van der Waals surface area (Å²) < 4.78 is 0. The van der Waals surface area contributed by atoms with Gasteiger partial charge in [-0.05, 0) is 36.6 Å². The van der Waals surface area contributed by atoms with Gasteiger partial charge in [0.1, 0.15) is 0 Å². The number of unbranched alkanes of at least 4 members (excludes halogenated alkanes) is 1. The maximum Gasteiger partial charge on any atom is 0.225 e. The molecule has 0 radical (unpaired) electrons. The molecule has 140 valence electrons. The Labute approximate surface area is 162 Å². The number of amides is 1. The van der Waals surface area contributed by atoms with E-state index in [1.165, 1.54) is 0 Å². The molecule has 0 aliphatic rings. The first-order chi connectivity index (χ1) is 12.7. The topological polar surface area (TPSA) is 33.2 Å². The zero-order valence-corrected chi connectivity index (χ0v) is 16.6. The van der Waals surface area contributed by atoms with Crippen LogP contribution in [0.25, 0.3) is 0 Å². The van der Waals surface area contributed by atoms with E-state index in [-0.39, 0.29) is 11.8 Å². The Morgan fingerprint density at radius 1 is 1.15 bits per heavy atom. The summed E-state index contributed by atoms with van der Waals surface area (Å²) in [6.45, 7) is 5.47. The standard InChI is InChI=1S/C22H29ClN2O/c1-3-5-10-18(4-2)22(26)25(16-14-20-12-8-9-15-24-20)17-19-11-6-7-13-21(19)23/h6-9,11-13,15,18H,3-5,10,14,16-17H2,1-2H3. The van der Waals surface area contributed by atoms with E-state index < -0.39 is 0 Å². The summed E-state index contributed by atoms with van der Waals surface area (Å²) in [7, 11) is 0. The smallest absolute Gasteiger partial charge is 0.225 e. The summed E-state index contributed by atoms with van der Waals surface area (Å²) in [5.74, 6) is 0.318. The largest absolute Gasteiger partial charge is 0.338 e. The Bertz CT molecular complexity index is 675. The summed E-state index contributed by atoms with van der Waals surface area (Å²) in [5.41, 5.74) is 2.00. The molecule has 1 aromatic carbocycles. The van der Waals surface area contributed by atoms with Crippen LogP contribution in [0.15, 0.2) is 48.7 Å². The van der Waals surface area contributed by atoms with Crippen LogP contribution in [0.1, 0.15) is 50.8 Å². The number of pyridine rings is 1. The second-order valence-electron chi connectivity index (χ2n) is 6.67. The molecule has 3 nitrogen and oxygen atoms in total. The molecule has 2 aromatic rings. The van der Waals surface area contributed by atoms with E-state index in [1.54, 1.807) is 6.20 Å². The minimum atomic E-state index is 0.0844. The van der Waals surface area contributed by atoms with Gasteiger partial charge in [0.2, 0.25) is 5.91 Å². The molecule has 0 N–H and O–H groups in total. The molecular formula is C22H29ClN2O. The van der Waals surface area contributed by atoms with E-state index in [1.807, 2.05) is 47.4 Å². The highest BCUT2D eigenvalue weighted by Crippen LogP contribution is 2.21. The number of benzene rings is 1. The fraction of sp³-hybridized carbons (Fsp3) is 0.455. The van der Waals surface area contributed by atoms with Gasteiger partial charge in [0.15, 0.2) is 0 Å². The Hall–Kier alpha value is -1.87. The van der Waals surface area contributed by atoms with Gasteiger partial charge in [-0.1, -0.05) is 62.6 Å². The van der Waals surface area contributed by atoms with Crippen LogP contribution in [-0.4, -0.2) is 22.3 Å². The summed E-state index contributed by atoms with van der Waals surface area (Å²) in [4.78, 5) is 19.5. The molecular weight excluding hydrogens is 344 g/mol. The molecule has 26 heavy (non-hydrogen) atoms. The molecule has 0 aliphatic heterocycles. The molecule has 1 unspecified atom stereocenters. The number of aromatic nitrogens is 1. The fourth-order valence-electron chi connectivity index (χ4n) is 3.11. The SMILES string of the molecule is CCCCC(CC)C(=O)N(CCc1ccccn1)Cc1ccccc1Cl. The predicted octanol–water partition coefficient (Wildman–Crippen LogP) is 5.52. The second-order valence-corrected chi connectivity index (χ2v) is 7.08. The molecule has 1 heterocycles. The Morgan fingerprint density at radius 2 is 1.92 bits per heavy atom. The molecule has 1 aromatic heterocycles. The van der Waals surface area contributed by atoms with Gasteiger partial charge in [-0.3, -0.25) is 9.78 Å². The normalized spacial score (nSPS) is 12.0. The Balaban J connectivity index is 2.13. The number of carbonyl (C=O) groups excluding carboxylic acids is 1. The molecule has 0 bridgehead atoms. The van der Waals surface area contributed by atoms with Gasteiger partial charge in [0.25, 0.3) is 0 Å². The van der Waals surface area contributed by atoms with Crippen molar-refractivity contribution in [1.29, 1.82) is 0 Å². The van der Waals surface area contributed by atoms with Crippen molar-refractivity contribution in [2.24, 2.45) is 5.92 Å². The highest BCUT2D eigenvalue weighted by Gasteiger charge is 2.23. The third-order valence-electron chi connectivity index (χ3n) is 4.74. The summed E-state index contributed by atoms with van der Waals surface area (Å²) >= 11 is 6.34. The first-order valence-electron chi connectivity index (χ1n) is 9.57. The van der Waals surface area contributed by atoms with Crippen molar-refractivity contribution in [2.45, 2.75) is 52.5 Å². The van der Waals surface area contributed by atoms with Crippen molar-refractivity contribution >= 4 is 17.5 Å². The van der Waals surface area contributed by atoms with Gasteiger partial charge in [-0.2, -0.15) is 0 Å². The quantitative estimate of drug-likeness (QED) is 0.549. The van der Waals surface area contributed by atoms with E-state index in [0.29, 0.717) is 18.1 Å². The van der Waals surface area contributed by atoms with Crippen LogP contribution in [0.4, 0.5) is 0 Å². The van der Waals surface area contributed by atoms with E-state index in [2.05, 4.69) is 18.8 Å². The highest BCUT2D eigenvalue weighted by molar-refractivity contribution is 6.31. The number of halogens is 1. The van der Waals surface area contributed by atoms with Crippen molar-refractivity contribution < 1.29 is 4.79 Å². The number of hydrogen-bond donors (Lipinski definition) is 0. The van der Waals surface area contributed by atoms with E-state index in [9.17, 15) is 4.79 Å². The lowest BCUT2D eigenvalue weighted by molar-refractivity contribution is -0.136. The second kappa shape index (κ2) is 11.0. The Morgan fingerprint density at radius 3 is 2.58 bits per heavy atom. The van der Waals surface area contributed by atoms with Crippen LogP contribution < -0.4 is 0 Å². The molecule has 2 rings (SSSR count). The van der Waals surface area contributed by atoms with Gasteiger partial charge in [0.05, 0.1) is 0 Å². The average molecular weight is 373 g/mol. The summed E-state index contributed by atoms with van der Waals surface area (Å²) in [6, 6.07) is 13.7. The van der Waals surface area contributed by atoms with Crippen molar-refractivity contribution in [3.63, 3.8) is 0 Å². The molecule has 1 amide bonds. The first-order valence-corrected chi connectivity index (χ1v) is 9.95. The maximum atomic E-state index is 13.2. The fourth-order valence-corrected chi connectivity index (χ4v) is 3.30. The van der Waals surface area contributed by atoms with Gasteiger partial charge in [-0.25, -0.2) is 0 Å². The number of hydrogen-bond acceptors (Lipinski definition) is 2. The zero-order chi connectivity index (χ0) is 18.8. The molecule has 4 heteroatoms. The third kappa shape index (κ3) is 6.14. The van der Waals surface area contributed by atoms with Gasteiger partial charge < -0.3 is 4.90 Å². The van der Waals surface area contributed by atoms with Crippen LogP contribution in [0.3, 0.4) is 0 Å². The zero-order valence-electron chi connectivity index (χ0n) is 15.8. The number of rotatable bonds is 10. The van der Waals surface area contributed by atoms with Crippen LogP contribution in [-0.2, 0) is 17.8 Å². The molecule has 0 fully saturated rings. The van der Waals surface area contributed by atoms with Gasteiger partial charge in [0, 0.05) is 42.3 Å². The minimum Gasteiger partial charge on any atom is -0.338 e. The lowest BCUT2D eigenvalue weighted by Crippen LogP contribution is -2.37. The molecule has 0 saturated heterocycles. The summed E-state index contributed by atoms with van der Waals surface area (Å²) in [6.07, 6.45) is 6.58. The maximum absolute atomic E-state index is 13.2. The third-order valence-corrected chi connectivity index (χ3v) is 5.11. The number of carbonyl (C=O) groups is 1. The van der Waals surface area contributed by atoms with Crippen LogP contribution in [0.5, 0.6) is 0 Å².